The van der Waals surface area contributed by atoms with E-state index in [2.05, 4.69) is 12.6 Å². The van der Waals surface area contributed by atoms with E-state index in [-0.39, 0.29) is 37.8 Å². The average Bonchev–Trinajstić information content (AvgIpc) is 2.81. The van der Waals surface area contributed by atoms with Crippen molar-refractivity contribution in [3.8, 4) is 0 Å². The molecule has 1 unspecified atom stereocenters. The van der Waals surface area contributed by atoms with Crippen LogP contribution in [0.2, 0.25) is 0 Å². The summed E-state index contributed by atoms with van der Waals surface area (Å²) >= 11 is 4.03. The Morgan fingerprint density at radius 2 is 2.05 bits per heavy atom. The van der Waals surface area contributed by atoms with Crippen molar-refractivity contribution in [2.45, 2.75) is 25.3 Å². The van der Waals surface area contributed by atoms with Crippen LogP contribution < -0.4 is 5.73 Å². The summed E-state index contributed by atoms with van der Waals surface area (Å²) < 4.78 is 0. The molecule has 1 heterocycles. The first-order chi connectivity index (χ1) is 8.41. The molecule has 2 atom stereocenters. The van der Waals surface area contributed by atoms with Gasteiger partial charge in [-0.2, -0.15) is 12.6 Å². The van der Waals surface area contributed by atoms with Gasteiger partial charge >= 0.3 is 5.97 Å². The standard InChI is InChI=1S/C11H18N2O4S.ClH/c1-7(6-18)9(15)13-4-2-3-11(13,10(16)17)8(14)5-12;/h7,18H,2-6,12H2,1H3,(H,16,17);1H/t7?,11-;/m0./s1. The number of halogens is 1. The van der Waals surface area contributed by atoms with E-state index in [0.717, 1.165) is 4.90 Å². The first kappa shape index (κ1) is 18.2. The number of hydrogen-bond donors (Lipinski definition) is 3. The van der Waals surface area contributed by atoms with Gasteiger partial charge in [-0.3, -0.25) is 9.59 Å². The summed E-state index contributed by atoms with van der Waals surface area (Å²) in [5.41, 5.74) is 3.51. The minimum Gasteiger partial charge on any atom is -0.479 e. The van der Waals surface area contributed by atoms with E-state index in [1.54, 1.807) is 6.92 Å². The molecule has 0 bridgehead atoms. The summed E-state index contributed by atoms with van der Waals surface area (Å²) in [6.45, 7) is 1.55. The summed E-state index contributed by atoms with van der Waals surface area (Å²) in [6, 6.07) is 0. The maximum Gasteiger partial charge on any atom is 0.337 e. The number of rotatable bonds is 5. The van der Waals surface area contributed by atoms with Gasteiger partial charge in [-0.05, 0) is 12.8 Å². The second-order valence-electron chi connectivity index (χ2n) is 4.47. The molecule has 0 saturated carbocycles. The highest BCUT2D eigenvalue weighted by Gasteiger charge is 2.55. The molecule has 6 nitrogen and oxygen atoms in total. The highest BCUT2D eigenvalue weighted by molar-refractivity contribution is 7.80. The van der Waals surface area contributed by atoms with Crippen LogP contribution in [0.15, 0.2) is 0 Å². The Labute approximate surface area is 123 Å². The number of hydrogen-bond acceptors (Lipinski definition) is 5. The first-order valence-electron chi connectivity index (χ1n) is 5.81. The zero-order chi connectivity index (χ0) is 13.9. The topological polar surface area (TPSA) is 101 Å². The Balaban J connectivity index is 0.00000324. The number of amides is 1. The van der Waals surface area contributed by atoms with Crippen molar-refractivity contribution in [3.05, 3.63) is 0 Å². The molecule has 1 amide bonds. The Kier molecular flexibility index (Phi) is 6.82. The Morgan fingerprint density at radius 1 is 1.47 bits per heavy atom. The van der Waals surface area contributed by atoms with Gasteiger partial charge in [0.2, 0.25) is 11.4 Å². The van der Waals surface area contributed by atoms with E-state index in [4.69, 9.17) is 5.73 Å². The third-order valence-electron chi connectivity index (χ3n) is 3.34. The van der Waals surface area contributed by atoms with Crippen LogP contribution in [-0.2, 0) is 14.4 Å². The number of carbonyl (C=O) groups is 3. The molecule has 0 aromatic carbocycles. The fourth-order valence-electron chi connectivity index (χ4n) is 2.26. The van der Waals surface area contributed by atoms with Crippen LogP contribution in [0, 0.1) is 5.92 Å². The Bertz CT molecular complexity index is 380. The second kappa shape index (κ2) is 7.12. The van der Waals surface area contributed by atoms with Gasteiger partial charge in [0.25, 0.3) is 0 Å². The number of likely N-dealkylation sites (tertiary alicyclic amines) is 1. The second-order valence-corrected chi connectivity index (χ2v) is 4.83. The van der Waals surface area contributed by atoms with Gasteiger partial charge in [0, 0.05) is 18.2 Å². The van der Waals surface area contributed by atoms with Crippen molar-refractivity contribution in [2.24, 2.45) is 11.7 Å². The van der Waals surface area contributed by atoms with E-state index in [1.807, 2.05) is 0 Å². The lowest BCUT2D eigenvalue weighted by atomic mass is 9.90. The summed E-state index contributed by atoms with van der Waals surface area (Å²) in [5, 5.41) is 9.35. The molecule has 0 radical (unpaired) electrons. The highest BCUT2D eigenvalue weighted by atomic mass is 35.5. The number of carboxylic acids is 1. The molecule has 3 N–H and O–H groups in total. The van der Waals surface area contributed by atoms with Crippen LogP contribution in [0.5, 0.6) is 0 Å². The summed E-state index contributed by atoms with van der Waals surface area (Å²) in [6.07, 6.45) is 0.618. The number of nitrogens with two attached hydrogens (primary N) is 1. The van der Waals surface area contributed by atoms with Gasteiger partial charge in [-0.15, -0.1) is 12.4 Å². The van der Waals surface area contributed by atoms with E-state index in [1.165, 1.54) is 0 Å². The van der Waals surface area contributed by atoms with Gasteiger partial charge in [0.05, 0.1) is 6.54 Å². The number of Topliss-reactive ketones (excluding diaryl/α,β-unsaturated/α-hetero) is 1. The van der Waals surface area contributed by atoms with Gasteiger partial charge in [0.1, 0.15) is 0 Å². The fraction of sp³-hybridized carbons (Fsp3) is 0.727. The molecule has 1 fully saturated rings. The van der Waals surface area contributed by atoms with E-state index >= 15 is 0 Å². The van der Waals surface area contributed by atoms with Crippen LogP contribution in [0.1, 0.15) is 19.8 Å². The Hall–Kier alpha value is -0.790. The molecule has 0 aliphatic carbocycles. The van der Waals surface area contributed by atoms with Crippen molar-refractivity contribution >= 4 is 42.7 Å². The SMILES string of the molecule is CC(CS)C(=O)N1CCC[C@@]1(C(=O)O)C(=O)CN.Cl. The summed E-state index contributed by atoms with van der Waals surface area (Å²) in [7, 11) is 0. The third-order valence-corrected chi connectivity index (χ3v) is 3.89. The van der Waals surface area contributed by atoms with Crippen molar-refractivity contribution in [3.63, 3.8) is 0 Å². The van der Waals surface area contributed by atoms with Gasteiger partial charge < -0.3 is 15.7 Å². The molecule has 1 rings (SSSR count). The highest BCUT2D eigenvalue weighted by Crippen LogP contribution is 2.32. The summed E-state index contributed by atoms with van der Waals surface area (Å²) in [4.78, 5) is 36.6. The number of nitrogens with zero attached hydrogens (tertiary/aromatic N) is 1. The van der Waals surface area contributed by atoms with E-state index < -0.39 is 23.2 Å². The molecule has 8 heteroatoms. The lowest BCUT2D eigenvalue weighted by Crippen LogP contribution is -2.61. The monoisotopic (exact) mass is 310 g/mol. The van der Waals surface area contributed by atoms with Crippen LogP contribution in [0.3, 0.4) is 0 Å². The lowest BCUT2D eigenvalue weighted by Gasteiger charge is -2.34. The van der Waals surface area contributed by atoms with Crippen molar-refractivity contribution in [1.29, 1.82) is 0 Å². The normalized spacial score (nSPS) is 23.6. The van der Waals surface area contributed by atoms with E-state index in [0.29, 0.717) is 12.2 Å². The van der Waals surface area contributed by atoms with Crippen LogP contribution in [0.25, 0.3) is 0 Å². The third kappa shape index (κ3) is 3.04. The average molecular weight is 311 g/mol. The minimum absolute atomic E-state index is 0. The quantitative estimate of drug-likeness (QED) is 0.488. The summed E-state index contributed by atoms with van der Waals surface area (Å²) in [5.74, 6) is -2.38. The maximum absolute atomic E-state index is 12.1. The molecular weight excluding hydrogens is 292 g/mol. The molecule has 1 aliphatic rings. The van der Waals surface area contributed by atoms with Crippen molar-refractivity contribution in [2.75, 3.05) is 18.8 Å². The molecule has 0 aromatic heterocycles. The smallest absolute Gasteiger partial charge is 0.337 e. The Morgan fingerprint density at radius 3 is 2.47 bits per heavy atom. The minimum atomic E-state index is -1.77. The number of carboxylic acid groups (broad SMARTS) is 1. The van der Waals surface area contributed by atoms with Gasteiger partial charge in [-0.1, -0.05) is 6.92 Å². The molecule has 110 valence electrons. The van der Waals surface area contributed by atoms with Crippen molar-refractivity contribution < 1.29 is 19.5 Å². The molecular formula is C11H19ClN2O4S. The molecule has 19 heavy (non-hydrogen) atoms. The van der Waals surface area contributed by atoms with Crippen LogP contribution in [0.4, 0.5) is 0 Å². The van der Waals surface area contributed by atoms with Gasteiger partial charge in [0.15, 0.2) is 5.78 Å². The van der Waals surface area contributed by atoms with Gasteiger partial charge in [-0.25, -0.2) is 4.79 Å². The molecule has 1 aliphatic heterocycles. The number of ketones is 1. The number of carbonyl (C=O) groups excluding carboxylic acids is 2. The molecule has 0 spiro atoms. The van der Waals surface area contributed by atoms with Crippen LogP contribution >= 0.6 is 25.0 Å². The lowest BCUT2D eigenvalue weighted by molar-refractivity contribution is -0.162. The van der Waals surface area contributed by atoms with E-state index in [9.17, 15) is 19.5 Å². The number of thiol groups is 1. The largest absolute Gasteiger partial charge is 0.479 e. The number of aliphatic carboxylic acids is 1. The molecule has 0 aromatic rings. The molecule has 1 saturated heterocycles. The predicted molar refractivity (Wildman–Crippen MR) is 75.6 cm³/mol. The van der Waals surface area contributed by atoms with Crippen molar-refractivity contribution in [1.82, 2.24) is 4.90 Å². The fourth-order valence-corrected chi connectivity index (χ4v) is 2.42. The maximum atomic E-state index is 12.1. The zero-order valence-electron chi connectivity index (χ0n) is 10.7. The zero-order valence-corrected chi connectivity index (χ0v) is 12.4. The van der Waals surface area contributed by atoms with Crippen LogP contribution in [-0.4, -0.2) is 52.0 Å². The first-order valence-corrected chi connectivity index (χ1v) is 6.44. The predicted octanol–water partition coefficient (Wildman–Crippen LogP) is -0.0523.